The topological polar surface area (TPSA) is 57.6 Å². The Hall–Kier alpha value is -2.33. The molecule has 0 aliphatic heterocycles. The third kappa shape index (κ3) is 3.77. The van der Waals surface area contributed by atoms with E-state index in [2.05, 4.69) is 0 Å². The molecule has 2 aromatic carbocycles. The van der Waals surface area contributed by atoms with E-state index in [0.29, 0.717) is 11.6 Å². The Morgan fingerprint density at radius 1 is 1.08 bits per heavy atom. The van der Waals surface area contributed by atoms with Gasteiger partial charge in [-0.15, -0.1) is 0 Å². The second kappa shape index (κ2) is 7.05. The van der Waals surface area contributed by atoms with Crippen molar-refractivity contribution in [2.75, 3.05) is 7.05 Å². The van der Waals surface area contributed by atoms with Gasteiger partial charge in [-0.2, -0.15) is 0 Å². The standard InChI is InChI=1S/C19H20ClNO3/c1-19(2,15-6-4-5-7-16(15)20)18(24)21(3)12-13-8-10-14(11-9-13)17(22)23/h4-11H,12H2,1-3H3,(H,22,23). The van der Waals surface area contributed by atoms with Crippen molar-refractivity contribution in [2.24, 2.45) is 0 Å². The van der Waals surface area contributed by atoms with Crippen LogP contribution in [-0.4, -0.2) is 28.9 Å². The second-order valence-corrected chi connectivity index (χ2v) is 6.68. The molecule has 0 saturated carbocycles. The van der Waals surface area contributed by atoms with Crippen LogP contribution in [0.5, 0.6) is 0 Å². The summed E-state index contributed by atoms with van der Waals surface area (Å²) in [7, 11) is 1.73. The molecule has 0 aliphatic rings. The van der Waals surface area contributed by atoms with Crippen LogP contribution < -0.4 is 0 Å². The summed E-state index contributed by atoms with van der Waals surface area (Å²) in [5.74, 6) is -1.02. The average Bonchev–Trinajstić information content (AvgIpc) is 2.54. The quantitative estimate of drug-likeness (QED) is 0.891. The van der Waals surface area contributed by atoms with E-state index in [0.717, 1.165) is 11.1 Å². The van der Waals surface area contributed by atoms with Gasteiger partial charge in [0.25, 0.3) is 0 Å². The van der Waals surface area contributed by atoms with Crippen LogP contribution in [0.2, 0.25) is 5.02 Å². The van der Waals surface area contributed by atoms with Crippen LogP contribution in [0, 0.1) is 0 Å². The van der Waals surface area contributed by atoms with Crippen molar-refractivity contribution in [2.45, 2.75) is 25.8 Å². The molecule has 0 heterocycles. The molecular weight excluding hydrogens is 326 g/mol. The van der Waals surface area contributed by atoms with Gasteiger partial charge in [0.1, 0.15) is 0 Å². The predicted molar refractivity (Wildman–Crippen MR) is 94.4 cm³/mol. The van der Waals surface area contributed by atoms with E-state index in [1.54, 1.807) is 30.1 Å². The maximum atomic E-state index is 12.9. The summed E-state index contributed by atoms with van der Waals surface area (Å²) in [6.07, 6.45) is 0. The van der Waals surface area contributed by atoms with Crippen molar-refractivity contribution >= 4 is 23.5 Å². The Balaban J connectivity index is 2.16. The number of hydrogen-bond acceptors (Lipinski definition) is 2. The first kappa shape index (κ1) is 18.0. The Kier molecular flexibility index (Phi) is 5.30. The van der Waals surface area contributed by atoms with Crippen molar-refractivity contribution in [1.82, 2.24) is 4.90 Å². The number of benzene rings is 2. The molecule has 0 bridgehead atoms. The maximum absolute atomic E-state index is 12.9. The van der Waals surface area contributed by atoms with Crippen LogP contribution in [0.4, 0.5) is 0 Å². The van der Waals surface area contributed by atoms with Gasteiger partial charge in [-0.25, -0.2) is 4.79 Å². The monoisotopic (exact) mass is 345 g/mol. The lowest BCUT2D eigenvalue weighted by molar-refractivity contribution is -0.135. The fraction of sp³-hybridized carbons (Fsp3) is 0.263. The van der Waals surface area contributed by atoms with Crippen LogP contribution in [0.1, 0.15) is 35.3 Å². The third-order valence-corrected chi connectivity index (χ3v) is 4.38. The number of likely N-dealkylation sites (N-methyl/N-ethyl adjacent to an activating group) is 1. The summed E-state index contributed by atoms with van der Waals surface area (Å²) in [5.41, 5.74) is 1.12. The summed E-state index contributed by atoms with van der Waals surface area (Å²) in [6.45, 7) is 4.09. The first-order chi connectivity index (χ1) is 11.2. The average molecular weight is 346 g/mol. The smallest absolute Gasteiger partial charge is 0.335 e. The normalized spacial score (nSPS) is 11.2. The molecule has 4 nitrogen and oxygen atoms in total. The van der Waals surface area contributed by atoms with E-state index in [1.165, 1.54) is 12.1 Å². The molecule has 1 amide bonds. The number of rotatable bonds is 5. The van der Waals surface area contributed by atoms with E-state index in [-0.39, 0.29) is 11.5 Å². The van der Waals surface area contributed by atoms with Crippen LogP contribution in [0.3, 0.4) is 0 Å². The first-order valence-electron chi connectivity index (χ1n) is 7.56. The third-order valence-electron chi connectivity index (χ3n) is 4.05. The molecule has 0 aromatic heterocycles. The number of aromatic carboxylic acids is 1. The number of carbonyl (C=O) groups is 2. The minimum Gasteiger partial charge on any atom is -0.478 e. The van der Waals surface area contributed by atoms with Crippen LogP contribution >= 0.6 is 11.6 Å². The highest BCUT2D eigenvalue weighted by atomic mass is 35.5. The van der Waals surface area contributed by atoms with Crippen molar-refractivity contribution in [3.8, 4) is 0 Å². The molecule has 2 aromatic rings. The number of hydrogen-bond donors (Lipinski definition) is 1. The zero-order valence-electron chi connectivity index (χ0n) is 13.9. The van der Waals surface area contributed by atoms with Crippen LogP contribution in [0.15, 0.2) is 48.5 Å². The number of nitrogens with zero attached hydrogens (tertiary/aromatic N) is 1. The first-order valence-corrected chi connectivity index (χ1v) is 7.94. The highest BCUT2D eigenvalue weighted by molar-refractivity contribution is 6.31. The lowest BCUT2D eigenvalue weighted by Gasteiger charge is -2.30. The molecule has 0 atom stereocenters. The number of amides is 1. The van der Waals surface area contributed by atoms with E-state index in [1.807, 2.05) is 32.0 Å². The largest absolute Gasteiger partial charge is 0.478 e. The van der Waals surface area contributed by atoms with E-state index < -0.39 is 11.4 Å². The van der Waals surface area contributed by atoms with Gasteiger partial charge < -0.3 is 10.0 Å². The Morgan fingerprint density at radius 2 is 1.67 bits per heavy atom. The van der Waals surface area contributed by atoms with Gasteiger partial charge in [-0.3, -0.25) is 4.79 Å². The zero-order chi connectivity index (χ0) is 17.9. The van der Waals surface area contributed by atoms with Gasteiger partial charge in [0, 0.05) is 18.6 Å². The van der Waals surface area contributed by atoms with Gasteiger partial charge in [0.15, 0.2) is 0 Å². The summed E-state index contributed by atoms with van der Waals surface area (Å²) < 4.78 is 0. The lowest BCUT2D eigenvalue weighted by atomic mass is 9.83. The molecule has 0 aliphatic carbocycles. The molecular formula is C19H20ClNO3. The lowest BCUT2D eigenvalue weighted by Crippen LogP contribution is -2.41. The molecule has 24 heavy (non-hydrogen) atoms. The van der Waals surface area contributed by atoms with Crippen molar-refractivity contribution in [3.63, 3.8) is 0 Å². The maximum Gasteiger partial charge on any atom is 0.335 e. The van der Waals surface area contributed by atoms with Crippen molar-refractivity contribution in [1.29, 1.82) is 0 Å². The van der Waals surface area contributed by atoms with Crippen molar-refractivity contribution in [3.05, 3.63) is 70.2 Å². The fourth-order valence-corrected chi connectivity index (χ4v) is 3.03. The highest BCUT2D eigenvalue weighted by Gasteiger charge is 2.33. The SMILES string of the molecule is CN(Cc1ccc(C(=O)O)cc1)C(=O)C(C)(C)c1ccccc1Cl. The molecule has 0 unspecified atom stereocenters. The highest BCUT2D eigenvalue weighted by Crippen LogP contribution is 2.31. The molecule has 0 saturated heterocycles. The summed E-state index contributed by atoms with van der Waals surface area (Å²) in [5, 5.41) is 9.49. The van der Waals surface area contributed by atoms with E-state index in [9.17, 15) is 9.59 Å². The Labute approximate surface area is 146 Å². The molecule has 0 spiro atoms. The summed E-state index contributed by atoms with van der Waals surface area (Å²) >= 11 is 6.24. The molecule has 126 valence electrons. The van der Waals surface area contributed by atoms with E-state index >= 15 is 0 Å². The van der Waals surface area contributed by atoms with Gasteiger partial charge in [-0.05, 0) is 43.2 Å². The Bertz CT molecular complexity index is 753. The molecule has 0 radical (unpaired) electrons. The van der Waals surface area contributed by atoms with Crippen molar-refractivity contribution < 1.29 is 14.7 Å². The number of halogens is 1. The number of carboxylic acids is 1. The molecule has 1 N–H and O–H groups in total. The number of carbonyl (C=O) groups excluding carboxylic acids is 1. The van der Waals surface area contributed by atoms with Gasteiger partial charge in [-0.1, -0.05) is 41.9 Å². The van der Waals surface area contributed by atoms with Crippen LogP contribution in [0.25, 0.3) is 0 Å². The minimum absolute atomic E-state index is 0.0575. The van der Waals surface area contributed by atoms with Crippen LogP contribution in [-0.2, 0) is 16.8 Å². The molecule has 2 rings (SSSR count). The van der Waals surface area contributed by atoms with E-state index in [4.69, 9.17) is 16.7 Å². The van der Waals surface area contributed by atoms with Gasteiger partial charge >= 0.3 is 5.97 Å². The van der Waals surface area contributed by atoms with Gasteiger partial charge in [0.05, 0.1) is 11.0 Å². The summed E-state index contributed by atoms with van der Waals surface area (Å²) in [4.78, 5) is 25.4. The number of carboxylic acid groups (broad SMARTS) is 1. The minimum atomic E-state index is -0.967. The fourth-order valence-electron chi connectivity index (χ4n) is 2.66. The molecule has 0 fully saturated rings. The molecule has 5 heteroatoms. The zero-order valence-corrected chi connectivity index (χ0v) is 14.7. The van der Waals surface area contributed by atoms with Gasteiger partial charge in [0.2, 0.25) is 5.91 Å². The second-order valence-electron chi connectivity index (χ2n) is 6.27. The summed E-state index contributed by atoms with van der Waals surface area (Å²) in [6, 6.07) is 13.8. The predicted octanol–water partition coefficient (Wildman–Crippen LogP) is 3.97. The Morgan fingerprint density at radius 3 is 2.21 bits per heavy atom.